The minimum Gasteiger partial charge on any atom is -0.370 e. The minimum atomic E-state index is -0.844. The van der Waals surface area contributed by atoms with Gasteiger partial charge in [0.25, 0.3) is 0 Å². The van der Waals surface area contributed by atoms with Crippen molar-refractivity contribution in [2.75, 3.05) is 5.32 Å². The van der Waals surface area contributed by atoms with Crippen molar-refractivity contribution in [2.45, 2.75) is 19.4 Å². The number of primary amides is 1. The highest BCUT2D eigenvalue weighted by molar-refractivity contribution is 9.10. The summed E-state index contributed by atoms with van der Waals surface area (Å²) in [5.41, 5.74) is 6.68. The smallest absolute Gasteiger partial charge is 0.242 e. The predicted octanol–water partition coefficient (Wildman–Crippen LogP) is 2.07. The third-order valence-electron chi connectivity index (χ3n) is 2.61. The third kappa shape index (κ3) is 2.43. The molecular weight excluding hydrogens is 296 g/mol. The van der Waals surface area contributed by atoms with Crippen LogP contribution in [0.15, 0.2) is 29.0 Å². The zero-order valence-electron chi connectivity index (χ0n) is 10.1. The Morgan fingerprint density at radius 3 is 2.83 bits per heavy atom. The lowest BCUT2D eigenvalue weighted by Crippen LogP contribution is -2.45. The van der Waals surface area contributed by atoms with E-state index in [1.165, 1.54) is 0 Å². The number of pyridine rings is 2. The lowest BCUT2D eigenvalue weighted by molar-refractivity contribution is -0.121. The van der Waals surface area contributed by atoms with Crippen molar-refractivity contribution in [1.82, 2.24) is 9.97 Å². The van der Waals surface area contributed by atoms with E-state index in [1.807, 2.05) is 6.07 Å². The second-order valence-electron chi connectivity index (χ2n) is 4.49. The van der Waals surface area contributed by atoms with Gasteiger partial charge in [0.2, 0.25) is 5.91 Å². The van der Waals surface area contributed by atoms with Gasteiger partial charge in [0.1, 0.15) is 11.1 Å². The molecule has 0 radical (unpaired) electrons. The van der Waals surface area contributed by atoms with Crippen LogP contribution < -0.4 is 11.1 Å². The van der Waals surface area contributed by atoms with Crippen molar-refractivity contribution < 1.29 is 4.79 Å². The molecule has 0 spiro atoms. The van der Waals surface area contributed by atoms with Gasteiger partial charge in [-0.2, -0.15) is 0 Å². The van der Waals surface area contributed by atoms with Gasteiger partial charge in [-0.15, -0.1) is 0 Å². The molecule has 2 aromatic heterocycles. The fourth-order valence-electron chi connectivity index (χ4n) is 1.50. The van der Waals surface area contributed by atoms with Crippen molar-refractivity contribution in [3.05, 3.63) is 29.0 Å². The van der Waals surface area contributed by atoms with Crippen molar-refractivity contribution in [1.29, 1.82) is 0 Å². The molecule has 0 atom stereocenters. The number of aromatic nitrogens is 2. The molecule has 18 heavy (non-hydrogen) atoms. The lowest BCUT2D eigenvalue weighted by Gasteiger charge is -2.24. The maximum absolute atomic E-state index is 11.3. The van der Waals surface area contributed by atoms with Crippen molar-refractivity contribution in [3.8, 4) is 0 Å². The van der Waals surface area contributed by atoms with Crippen molar-refractivity contribution in [2.24, 2.45) is 5.73 Å². The van der Waals surface area contributed by atoms with Gasteiger partial charge in [0.15, 0.2) is 0 Å². The van der Waals surface area contributed by atoms with Crippen LogP contribution in [-0.4, -0.2) is 21.4 Å². The first-order valence-corrected chi connectivity index (χ1v) is 6.18. The SMILES string of the molecule is CC(C)(Nc1ccnc2cc(Br)cnc12)C(N)=O. The molecule has 0 aliphatic heterocycles. The molecule has 6 heteroatoms. The number of hydrogen-bond donors (Lipinski definition) is 2. The maximum atomic E-state index is 11.3. The van der Waals surface area contributed by atoms with E-state index in [9.17, 15) is 4.79 Å². The summed E-state index contributed by atoms with van der Waals surface area (Å²) in [5, 5.41) is 3.09. The summed E-state index contributed by atoms with van der Waals surface area (Å²) < 4.78 is 0.855. The molecule has 0 unspecified atom stereocenters. The molecule has 94 valence electrons. The molecule has 0 aliphatic carbocycles. The number of nitrogens with two attached hydrogens (primary N) is 1. The Labute approximate surface area is 113 Å². The Balaban J connectivity index is 2.49. The van der Waals surface area contributed by atoms with Gasteiger partial charge in [0.05, 0.1) is 11.2 Å². The Kier molecular flexibility index (Phi) is 3.21. The van der Waals surface area contributed by atoms with Gasteiger partial charge in [-0.3, -0.25) is 14.8 Å². The molecule has 1 amide bonds. The fourth-order valence-corrected chi connectivity index (χ4v) is 1.82. The molecule has 0 saturated heterocycles. The zero-order valence-corrected chi connectivity index (χ0v) is 11.7. The summed E-state index contributed by atoms with van der Waals surface area (Å²) in [6, 6.07) is 3.64. The highest BCUT2D eigenvalue weighted by atomic mass is 79.9. The molecule has 0 fully saturated rings. The average molecular weight is 309 g/mol. The summed E-state index contributed by atoms with van der Waals surface area (Å²) in [4.78, 5) is 19.9. The van der Waals surface area contributed by atoms with Crippen LogP contribution >= 0.6 is 15.9 Å². The molecule has 0 saturated carbocycles. The Bertz CT molecular complexity index is 612. The van der Waals surface area contributed by atoms with E-state index >= 15 is 0 Å². The van der Waals surface area contributed by atoms with E-state index in [0.717, 1.165) is 15.7 Å². The number of rotatable bonds is 3. The third-order valence-corrected chi connectivity index (χ3v) is 3.04. The van der Waals surface area contributed by atoms with Gasteiger partial charge >= 0.3 is 0 Å². The number of fused-ring (bicyclic) bond motifs is 1. The van der Waals surface area contributed by atoms with Crippen LogP contribution in [0.5, 0.6) is 0 Å². The highest BCUT2D eigenvalue weighted by Crippen LogP contribution is 2.24. The fraction of sp³-hybridized carbons (Fsp3) is 0.250. The first-order valence-electron chi connectivity index (χ1n) is 5.38. The van der Waals surface area contributed by atoms with E-state index in [1.54, 1.807) is 32.3 Å². The molecule has 2 heterocycles. The standard InChI is InChI=1S/C12H13BrN4O/c1-12(2,11(14)18)17-8-3-4-15-9-5-7(13)6-16-10(8)9/h3-6H,1-2H3,(H2,14,18)(H,15,17). The summed E-state index contributed by atoms with van der Waals surface area (Å²) in [7, 11) is 0. The number of carbonyl (C=O) groups excluding carboxylic acids is 1. The Morgan fingerprint density at radius 1 is 1.44 bits per heavy atom. The van der Waals surface area contributed by atoms with Crippen LogP contribution in [0.1, 0.15) is 13.8 Å². The number of nitrogens with zero attached hydrogens (tertiary/aromatic N) is 2. The minimum absolute atomic E-state index is 0.426. The van der Waals surface area contributed by atoms with Crippen molar-refractivity contribution in [3.63, 3.8) is 0 Å². The van der Waals surface area contributed by atoms with E-state index in [2.05, 4.69) is 31.2 Å². The van der Waals surface area contributed by atoms with Crippen molar-refractivity contribution >= 4 is 38.6 Å². The molecule has 2 rings (SSSR count). The highest BCUT2D eigenvalue weighted by Gasteiger charge is 2.25. The number of hydrogen-bond acceptors (Lipinski definition) is 4. The Hall–Kier alpha value is -1.69. The number of nitrogens with one attached hydrogen (secondary N) is 1. The number of amides is 1. The summed E-state index contributed by atoms with van der Waals surface area (Å²) in [5.74, 6) is -0.426. The van der Waals surface area contributed by atoms with E-state index in [0.29, 0.717) is 5.52 Å². The second-order valence-corrected chi connectivity index (χ2v) is 5.41. The van der Waals surface area contributed by atoms with Crippen LogP contribution in [0, 0.1) is 0 Å². The number of carbonyl (C=O) groups is 1. The van der Waals surface area contributed by atoms with Crippen LogP contribution in [0.2, 0.25) is 0 Å². The lowest BCUT2D eigenvalue weighted by atomic mass is 10.0. The van der Waals surface area contributed by atoms with Gasteiger partial charge < -0.3 is 11.1 Å². The van der Waals surface area contributed by atoms with Gasteiger partial charge in [0, 0.05) is 16.9 Å². The normalized spacial score (nSPS) is 11.5. The first-order chi connectivity index (χ1) is 8.40. The van der Waals surface area contributed by atoms with E-state index in [4.69, 9.17) is 5.73 Å². The molecule has 5 nitrogen and oxygen atoms in total. The zero-order chi connectivity index (χ0) is 13.3. The summed E-state index contributed by atoms with van der Waals surface area (Å²) in [6.45, 7) is 3.45. The quantitative estimate of drug-likeness (QED) is 0.909. The molecule has 2 aromatic rings. The van der Waals surface area contributed by atoms with Gasteiger partial charge in [-0.25, -0.2) is 0 Å². The molecule has 3 N–H and O–H groups in total. The largest absolute Gasteiger partial charge is 0.370 e. The first kappa shape index (κ1) is 12.8. The maximum Gasteiger partial charge on any atom is 0.242 e. The summed E-state index contributed by atoms with van der Waals surface area (Å²) >= 11 is 3.34. The Morgan fingerprint density at radius 2 is 2.17 bits per heavy atom. The number of halogens is 1. The van der Waals surface area contributed by atoms with Crippen LogP contribution in [0.25, 0.3) is 11.0 Å². The molecular formula is C12H13BrN4O. The number of anilines is 1. The van der Waals surface area contributed by atoms with E-state index < -0.39 is 11.4 Å². The van der Waals surface area contributed by atoms with Gasteiger partial charge in [-0.05, 0) is 41.9 Å². The van der Waals surface area contributed by atoms with Crippen LogP contribution in [-0.2, 0) is 4.79 Å². The van der Waals surface area contributed by atoms with Crippen LogP contribution in [0.4, 0.5) is 5.69 Å². The van der Waals surface area contributed by atoms with Gasteiger partial charge in [-0.1, -0.05) is 0 Å². The average Bonchev–Trinajstić information content (AvgIpc) is 2.28. The second kappa shape index (κ2) is 4.53. The predicted molar refractivity (Wildman–Crippen MR) is 74.1 cm³/mol. The molecule has 0 bridgehead atoms. The van der Waals surface area contributed by atoms with E-state index in [-0.39, 0.29) is 0 Å². The summed E-state index contributed by atoms with van der Waals surface area (Å²) in [6.07, 6.45) is 3.35. The van der Waals surface area contributed by atoms with Crippen LogP contribution in [0.3, 0.4) is 0 Å². The molecule has 0 aromatic carbocycles. The molecule has 0 aliphatic rings. The topological polar surface area (TPSA) is 80.9 Å². The monoisotopic (exact) mass is 308 g/mol.